The monoisotopic (exact) mass is 500 g/mol. The second-order valence-corrected chi connectivity index (χ2v) is 12.9. The second kappa shape index (κ2) is 9.38. The Balaban J connectivity index is 1.33. The van der Waals surface area contributed by atoms with Crippen LogP contribution in [0.4, 0.5) is 0 Å². The normalized spacial score (nSPS) is 38.5. The van der Waals surface area contributed by atoms with Crippen LogP contribution in [0.25, 0.3) is 0 Å². The molecule has 0 amide bonds. The van der Waals surface area contributed by atoms with E-state index in [4.69, 9.17) is 9.47 Å². The van der Waals surface area contributed by atoms with E-state index in [0.29, 0.717) is 30.5 Å². The van der Waals surface area contributed by atoms with Crippen molar-refractivity contribution in [3.05, 3.63) is 71.8 Å². The lowest BCUT2D eigenvalue weighted by Crippen LogP contribution is -2.64. The van der Waals surface area contributed by atoms with Gasteiger partial charge in [0.2, 0.25) is 0 Å². The van der Waals surface area contributed by atoms with Gasteiger partial charge in [0.15, 0.2) is 0 Å². The van der Waals surface area contributed by atoms with E-state index in [9.17, 15) is 9.59 Å². The largest absolute Gasteiger partial charge is 0.458 e. The van der Waals surface area contributed by atoms with Crippen LogP contribution in [0.1, 0.15) is 81.1 Å². The van der Waals surface area contributed by atoms with E-state index >= 15 is 0 Å². The van der Waals surface area contributed by atoms with Gasteiger partial charge in [0.05, 0.1) is 18.8 Å². The number of ketones is 1. The highest BCUT2D eigenvalue weighted by Crippen LogP contribution is 2.74. The molecule has 0 aliphatic heterocycles. The lowest BCUT2D eigenvalue weighted by Gasteiger charge is -2.66. The van der Waals surface area contributed by atoms with Gasteiger partial charge in [0.25, 0.3) is 0 Å². The zero-order valence-electron chi connectivity index (χ0n) is 22.3. The van der Waals surface area contributed by atoms with Crippen molar-refractivity contribution in [1.82, 2.24) is 0 Å². The molecule has 0 radical (unpaired) electrons. The first kappa shape index (κ1) is 24.9. The molecule has 4 aliphatic rings. The number of ether oxygens (including phenoxy) is 2. The zero-order valence-corrected chi connectivity index (χ0v) is 22.3. The number of Topliss-reactive ketones (excluding diaryl/α,β-unsaturated/α-hetero) is 1. The molecular formula is C33H40O4. The fourth-order valence-electron chi connectivity index (χ4n) is 9.48. The van der Waals surface area contributed by atoms with E-state index in [2.05, 4.69) is 38.1 Å². The Morgan fingerprint density at radius 2 is 1.68 bits per heavy atom. The van der Waals surface area contributed by atoms with Crippen molar-refractivity contribution in [1.29, 1.82) is 0 Å². The Hall–Kier alpha value is -2.46. The molecule has 4 fully saturated rings. The molecule has 4 nitrogen and oxygen atoms in total. The molecule has 0 unspecified atom stereocenters. The molecule has 2 aromatic carbocycles. The van der Waals surface area contributed by atoms with Crippen molar-refractivity contribution in [3.63, 3.8) is 0 Å². The summed E-state index contributed by atoms with van der Waals surface area (Å²) in [5.41, 5.74) is 1.90. The summed E-state index contributed by atoms with van der Waals surface area (Å²) in [6.07, 6.45) is 7.81. The number of hydrogen-bond donors (Lipinski definition) is 0. The van der Waals surface area contributed by atoms with E-state index in [1.807, 2.05) is 36.4 Å². The maximum absolute atomic E-state index is 13.4. The van der Waals surface area contributed by atoms with Gasteiger partial charge in [0.1, 0.15) is 11.9 Å². The summed E-state index contributed by atoms with van der Waals surface area (Å²) in [4.78, 5) is 26.2. The van der Waals surface area contributed by atoms with Crippen LogP contribution in [0.3, 0.4) is 0 Å². The third kappa shape index (κ3) is 4.07. The van der Waals surface area contributed by atoms with E-state index in [0.717, 1.165) is 51.4 Å². The van der Waals surface area contributed by atoms with E-state index in [1.165, 1.54) is 5.56 Å². The van der Waals surface area contributed by atoms with Crippen LogP contribution in [0.15, 0.2) is 60.7 Å². The standard InChI is InChI=1S/C33H40O4/c1-31(22-36-21-23-10-5-3-6-11-23)15-9-16-32(2)29(31)28(37-30(35)24-12-7-4-8-13-24)19-26-18-25-20-33(26,32)17-14-27(25)34/h3-8,10-13,25-26,28-29H,9,14-22H2,1-2H3/t25-,26-,28-,29+,31+,32+,33+/m1/s1. The van der Waals surface area contributed by atoms with Crippen molar-refractivity contribution in [2.45, 2.75) is 77.9 Å². The van der Waals surface area contributed by atoms with Gasteiger partial charge in [-0.2, -0.15) is 0 Å². The summed E-state index contributed by atoms with van der Waals surface area (Å²) in [7, 11) is 0. The van der Waals surface area contributed by atoms with E-state index in [1.54, 1.807) is 0 Å². The number of esters is 1. The summed E-state index contributed by atoms with van der Waals surface area (Å²) in [5, 5.41) is 0. The molecule has 2 bridgehead atoms. The maximum Gasteiger partial charge on any atom is 0.338 e. The Labute approximate surface area is 221 Å². The SMILES string of the molecule is C[C@@]1(COCc2ccccc2)CCC[C@@]2(C)[C@H]1[C@H](OC(=O)c1ccccc1)C[C@H]1C[C@@H]3C[C@@]12CCC3=O. The minimum Gasteiger partial charge on any atom is -0.458 e. The molecular weight excluding hydrogens is 460 g/mol. The molecule has 7 atom stereocenters. The fourth-order valence-corrected chi connectivity index (χ4v) is 9.48. The van der Waals surface area contributed by atoms with Gasteiger partial charge in [0, 0.05) is 18.3 Å². The quantitative estimate of drug-likeness (QED) is 0.400. The smallest absolute Gasteiger partial charge is 0.338 e. The molecule has 6 rings (SSSR count). The topological polar surface area (TPSA) is 52.6 Å². The van der Waals surface area contributed by atoms with Crippen LogP contribution in [-0.2, 0) is 20.9 Å². The lowest BCUT2D eigenvalue weighted by molar-refractivity contribution is -0.218. The van der Waals surface area contributed by atoms with Crippen molar-refractivity contribution in [2.24, 2.45) is 34.0 Å². The number of rotatable bonds is 6. The minimum absolute atomic E-state index is 0.0239. The summed E-state index contributed by atoms with van der Waals surface area (Å²) < 4.78 is 12.9. The molecule has 0 saturated heterocycles. The zero-order chi connectivity index (χ0) is 25.7. The van der Waals surface area contributed by atoms with Crippen molar-refractivity contribution in [2.75, 3.05) is 6.61 Å². The first-order chi connectivity index (χ1) is 17.8. The third-order valence-corrected chi connectivity index (χ3v) is 11.0. The molecule has 0 N–H and O–H groups in total. The summed E-state index contributed by atoms with van der Waals surface area (Å²) in [5.74, 6) is 1.09. The summed E-state index contributed by atoms with van der Waals surface area (Å²) >= 11 is 0. The van der Waals surface area contributed by atoms with Crippen LogP contribution in [0, 0.1) is 34.0 Å². The van der Waals surface area contributed by atoms with Crippen LogP contribution in [-0.4, -0.2) is 24.5 Å². The second-order valence-electron chi connectivity index (χ2n) is 12.9. The Morgan fingerprint density at radius 1 is 0.946 bits per heavy atom. The molecule has 2 aromatic rings. The molecule has 4 heteroatoms. The van der Waals surface area contributed by atoms with Crippen LogP contribution < -0.4 is 0 Å². The van der Waals surface area contributed by atoms with Gasteiger partial charge in [-0.3, -0.25) is 4.79 Å². The number of fused-ring (bicyclic) bond motifs is 2. The number of benzene rings is 2. The van der Waals surface area contributed by atoms with Gasteiger partial charge in [-0.05, 0) is 78.4 Å². The van der Waals surface area contributed by atoms with Crippen LogP contribution in [0.2, 0.25) is 0 Å². The van der Waals surface area contributed by atoms with Crippen molar-refractivity contribution >= 4 is 11.8 Å². The highest BCUT2D eigenvalue weighted by Gasteiger charge is 2.70. The number of hydrogen-bond acceptors (Lipinski definition) is 4. The van der Waals surface area contributed by atoms with E-state index in [-0.39, 0.29) is 40.2 Å². The molecule has 37 heavy (non-hydrogen) atoms. The molecule has 1 spiro atoms. The molecule has 4 saturated carbocycles. The van der Waals surface area contributed by atoms with Gasteiger partial charge in [-0.15, -0.1) is 0 Å². The predicted molar refractivity (Wildman–Crippen MR) is 143 cm³/mol. The average Bonchev–Trinajstić information content (AvgIpc) is 3.22. The van der Waals surface area contributed by atoms with Crippen LogP contribution >= 0.6 is 0 Å². The number of carbonyl (C=O) groups excluding carboxylic acids is 2. The lowest BCUT2D eigenvalue weighted by atomic mass is 9.39. The van der Waals surface area contributed by atoms with Crippen LogP contribution in [0.5, 0.6) is 0 Å². The highest BCUT2D eigenvalue weighted by atomic mass is 16.5. The van der Waals surface area contributed by atoms with Gasteiger partial charge < -0.3 is 9.47 Å². The molecule has 196 valence electrons. The Bertz CT molecular complexity index is 1150. The van der Waals surface area contributed by atoms with Gasteiger partial charge in [-0.25, -0.2) is 4.79 Å². The highest BCUT2D eigenvalue weighted by molar-refractivity contribution is 5.89. The third-order valence-electron chi connectivity index (χ3n) is 11.0. The summed E-state index contributed by atoms with van der Waals surface area (Å²) in [6, 6.07) is 19.8. The minimum atomic E-state index is -0.223. The molecule has 4 aliphatic carbocycles. The average molecular weight is 501 g/mol. The summed E-state index contributed by atoms with van der Waals surface area (Å²) in [6.45, 7) is 6.12. The fraction of sp³-hybridized carbons (Fsp3) is 0.576. The van der Waals surface area contributed by atoms with Gasteiger partial charge in [-0.1, -0.05) is 68.8 Å². The van der Waals surface area contributed by atoms with Crippen molar-refractivity contribution < 1.29 is 19.1 Å². The predicted octanol–water partition coefficient (Wildman–Crippen LogP) is 7.02. The molecule has 0 heterocycles. The Morgan fingerprint density at radius 3 is 2.43 bits per heavy atom. The van der Waals surface area contributed by atoms with E-state index < -0.39 is 0 Å². The Kier molecular flexibility index (Phi) is 6.30. The van der Waals surface area contributed by atoms with Crippen molar-refractivity contribution in [3.8, 4) is 0 Å². The molecule has 0 aromatic heterocycles. The first-order valence-electron chi connectivity index (χ1n) is 14.3. The number of carbonyl (C=O) groups is 2. The first-order valence-corrected chi connectivity index (χ1v) is 14.3. The van der Waals surface area contributed by atoms with Gasteiger partial charge >= 0.3 is 5.97 Å². The maximum atomic E-state index is 13.4.